The van der Waals surface area contributed by atoms with E-state index in [2.05, 4.69) is 10.1 Å². The quantitative estimate of drug-likeness (QED) is 0.795. The summed E-state index contributed by atoms with van der Waals surface area (Å²) >= 11 is 1.52. The summed E-state index contributed by atoms with van der Waals surface area (Å²) < 4.78 is 5.16. The molecule has 0 unspecified atom stereocenters. The summed E-state index contributed by atoms with van der Waals surface area (Å²) in [5.74, 6) is -0.101. The first-order chi connectivity index (χ1) is 11.0. The molecule has 0 fully saturated rings. The normalized spacial score (nSPS) is 10.9. The van der Waals surface area contributed by atoms with E-state index in [-0.39, 0.29) is 31.3 Å². The van der Waals surface area contributed by atoms with Gasteiger partial charge in [-0.3, -0.25) is 9.59 Å². The van der Waals surface area contributed by atoms with Gasteiger partial charge in [0.25, 0.3) is 0 Å². The molecule has 7 nitrogen and oxygen atoms in total. The van der Waals surface area contributed by atoms with Crippen molar-refractivity contribution in [2.24, 2.45) is 0 Å². The topological polar surface area (TPSA) is 96.5 Å². The number of aryl methyl sites for hydroxylation is 1. The van der Waals surface area contributed by atoms with Crippen molar-refractivity contribution in [1.82, 2.24) is 15.0 Å². The van der Waals surface area contributed by atoms with Crippen LogP contribution >= 0.6 is 11.3 Å². The van der Waals surface area contributed by atoms with Gasteiger partial charge in [-0.05, 0) is 25.3 Å². The molecular weight excluding hydrogens is 318 g/mol. The second-order valence-electron chi connectivity index (χ2n) is 5.31. The first-order valence-electron chi connectivity index (χ1n) is 7.35. The third kappa shape index (κ3) is 4.88. The number of hydrogen-bond donors (Lipinski definition) is 1. The smallest absolute Gasteiger partial charge is 0.305 e. The Kier molecular flexibility index (Phi) is 5.86. The lowest BCUT2D eigenvalue weighted by atomic mass is 10.2. The van der Waals surface area contributed by atoms with E-state index < -0.39 is 5.97 Å². The molecule has 0 saturated carbocycles. The van der Waals surface area contributed by atoms with E-state index in [0.29, 0.717) is 18.1 Å². The fourth-order valence-electron chi connectivity index (χ4n) is 2.11. The Labute approximate surface area is 137 Å². The van der Waals surface area contributed by atoms with Crippen LogP contribution in [0.15, 0.2) is 22.0 Å². The molecular formula is C15H19N3O4S. The average Bonchev–Trinajstić information content (AvgIpc) is 3.15. The van der Waals surface area contributed by atoms with Crippen LogP contribution in [0.1, 0.15) is 32.6 Å². The standard InChI is InChI=1S/C15H19N3O4S/c1-10(2)18(8-7-14(20)21)13(19)6-5-12-16-15(17-22-12)11-4-3-9-23-11/h3-4,9-10H,5-8H2,1-2H3,(H,20,21). The Bertz CT molecular complexity index is 651. The molecule has 8 heteroatoms. The van der Waals surface area contributed by atoms with Gasteiger partial charge in [0.1, 0.15) is 0 Å². The number of amides is 1. The summed E-state index contributed by atoms with van der Waals surface area (Å²) in [6, 6.07) is 3.76. The molecule has 23 heavy (non-hydrogen) atoms. The molecule has 1 amide bonds. The van der Waals surface area contributed by atoms with Crippen molar-refractivity contribution in [3.8, 4) is 10.7 Å². The molecule has 2 heterocycles. The van der Waals surface area contributed by atoms with E-state index in [0.717, 1.165) is 4.88 Å². The van der Waals surface area contributed by atoms with Crippen LogP contribution in [0.5, 0.6) is 0 Å². The summed E-state index contributed by atoms with van der Waals surface area (Å²) in [7, 11) is 0. The van der Waals surface area contributed by atoms with E-state index in [4.69, 9.17) is 9.63 Å². The van der Waals surface area contributed by atoms with E-state index in [9.17, 15) is 9.59 Å². The van der Waals surface area contributed by atoms with Crippen LogP contribution in [-0.4, -0.2) is 44.6 Å². The lowest BCUT2D eigenvalue weighted by Crippen LogP contribution is -2.38. The molecule has 0 spiro atoms. The molecule has 0 aliphatic heterocycles. The molecule has 0 aliphatic carbocycles. The maximum Gasteiger partial charge on any atom is 0.305 e. The van der Waals surface area contributed by atoms with Crippen molar-refractivity contribution in [3.63, 3.8) is 0 Å². The van der Waals surface area contributed by atoms with Gasteiger partial charge in [-0.15, -0.1) is 11.3 Å². The highest BCUT2D eigenvalue weighted by molar-refractivity contribution is 7.13. The van der Waals surface area contributed by atoms with E-state index in [1.807, 2.05) is 31.4 Å². The Hall–Kier alpha value is -2.22. The summed E-state index contributed by atoms with van der Waals surface area (Å²) in [4.78, 5) is 29.7. The number of aromatic nitrogens is 2. The highest BCUT2D eigenvalue weighted by Crippen LogP contribution is 2.21. The van der Waals surface area contributed by atoms with Gasteiger partial charge in [-0.25, -0.2) is 0 Å². The highest BCUT2D eigenvalue weighted by Gasteiger charge is 2.19. The van der Waals surface area contributed by atoms with Gasteiger partial charge in [0.2, 0.25) is 17.6 Å². The van der Waals surface area contributed by atoms with Crippen molar-refractivity contribution >= 4 is 23.2 Å². The highest BCUT2D eigenvalue weighted by atomic mass is 32.1. The molecule has 0 radical (unpaired) electrons. The Morgan fingerprint density at radius 1 is 1.39 bits per heavy atom. The summed E-state index contributed by atoms with van der Waals surface area (Å²) in [6.45, 7) is 3.93. The van der Waals surface area contributed by atoms with Crippen LogP contribution in [-0.2, 0) is 16.0 Å². The number of carboxylic acids is 1. The van der Waals surface area contributed by atoms with Crippen LogP contribution in [0, 0.1) is 0 Å². The number of aliphatic carboxylic acids is 1. The monoisotopic (exact) mass is 337 g/mol. The Morgan fingerprint density at radius 2 is 2.17 bits per heavy atom. The second kappa shape index (κ2) is 7.87. The summed E-state index contributed by atoms with van der Waals surface area (Å²) in [5.41, 5.74) is 0. The van der Waals surface area contributed by atoms with Crippen molar-refractivity contribution in [2.75, 3.05) is 6.54 Å². The zero-order chi connectivity index (χ0) is 16.8. The number of carbonyl (C=O) groups is 2. The maximum atomic E-state index is 12.3. The third-order valence-electron chi connectivity index (χ3n) is 3.27. The lowest BCUT2D eigenvalue weighted by Gasteiger charge is -2.26. The minimum absolute atomic E-state index is 0.0498. The number of carboxylic acid groups (broad SMARTS) is 1. The first-order valence-corrected chi connectivity index (χ1v) is 8.23. The molecule has 0 atom stereocenters. The number of hydrogen-bond acceptors (Lipinski definition) is 6. The number of rotatable bonds is 8. The predicted molar refractivity (Wildman–Crippen MR) is 85.0 cm³/mol. The van der Waals surface area contributed by atoms with Gasteiger partial charge in [0, 0.05) is 25.4 Å². The van der Waals surface area contributed by atoms with Crippen molar-refractivity contribution in [1.29, 1.82) is 0 Å². The summed E-state index contributed by atoms with van der Waals surface area (Å²) in [5, 5.41) is 14.6. The second-order valence-corrected chi connectivity index (χ2v) is 6.26. The largest absolute Gasteiger partial charge is 0.481 e. The molecule has 2 aromatic heterocycles. The fourth-order valence-corrected chi connectivity index (χ4v) is 2.76. The lowest BCUT2D eigenvalue weighted by molar-refractivity contribution is -0.139. The first kappa shape index (κ1) is 17.1. The van der Waals surface area contributed by atoms with Gasteiger partial charge in [-0.1, -0.05) is 11.2 Å². The number of carbonyl (C=O) groups excluding carboxylic acids is 1. The zero-order valence-electron chi connectivity index (χ0n) is 13.1. The molecule has 124 valence electrons. The number of thiophene rings is 1. The van der Waals surface area contributed by atoms with E-state index in [1.165, 1.54) is 11.3 Å². The Balaban J connectivity index is 1.91. The van der Waals surface area contributed by atoms with Crippen molar-refractivity contribution in [3.05, 3.63) is 23.4 Å². The molecule has 0 bridgehead atoms. The van der Waals surface area contributed by atoms with Crippen LogP contribution < -0.4 is 0 Å². The Morgan fingerprint density at radius 3 is 2.78 bits per heavy atom. The van der Waals surface area contributed by atoms with Crippen molar-refractivity contribution in [2.45, 2.75) is 39.2 Å². The van der Waals surface area contributed by atoms with Gasteiger partial charge in [0.05, 0.1) is 11.3 Å². The van der Waals surface area contributed by atoms with E-state index in [1.54, 1.807) is 4.90 Å². The van der Waals surface area contributed by atoms with Crippen LogP contribution in [0.25, 0.3) is 10.7 Å². The molecule has 2 aromatic rings. The maximum absolute atomic E-state index is 12.3. The minimum Gasteiger partial charge on any atom is -0.481 e. The van der Waals surface area contributed by atoms with Gasteiger partial charge in [-0.2, -0.15) is 4.98 Å². The SMILES string of the molecule is CC(C)N(CCC(=O)O)C(=O)CCc1nc(-c2cccs2)no1. The van der Waals surface area contributed by atoms with Gasteiger partial charge >= 0.3 is 5.97 Å². The summed E-state index contributed by atoms with van der Waals surface area (Å²) in [6.07, 6.45) is 0.490. The number of nitrogens with zero attached hydrogens (tertiary/aromatic N) is 3. The molecule has 0 aliphatic rings. The molecule has 1 N–H and O–H groups in total. The van der Waals surface area contributed by atoms with Crippen LogP contribution in [0.2, 0.25) is 0 Å². The van der Waals surface area contributed by atoms with E-state index >= 15 is 0 Å². The molecule has 0 aromatic carbocycles. The third-order valence-corrected chi connectivity index (χ3v) is 4.14. The predicted octanol–water partition coefficient (Wildman–Crippen LogP) is 2.44. The fraction of sp³-hybridized carbons (Fsp3) is 0.467. The van der Waals surface area contributed by atoms with Crippen LogP contribution in [0.3, 0.4) is 0 Å². The average molecular weight is 337 g/mol. The minimum atomic E-state index is -0.916. The van der Waals surface area contributed by atoms with Gasteiger partial charge < -0.3 is 14.5 Å². The van der Waals surface area contributed by atoms with Gasteiger partial charge in [0.15, 0.2) is 0 Å². The molecule has 2 rings (SSSR count). The van der Waals surface area contributed by atoms with Crippen LogP contribution in [0.4, 0.5) is 0 Å². The zero-order valence-corrected chi connectivity index (χ0v) is 13.9. The van der Waals surface area contributed by atoms with Crippen molar-refractivity contribution < 1.29 is 19.2 Å². The molecule has 0 saturated heterocycles.